The minimum absolute atomic E-state index is 0.141. The maximum atomic E-state index is 10.2. The second kappa shape index (κ2) is 8.93. The van der Waals surface area contributed by atoms with Crippen molar-refractivity contribution in [3.63, 3.8) is 0 Å². The van der Waals surface area contributed by atoms with Gasteiger partial charge in [0, 0.05) is 13.1 Å². The highest BCUT2D eigenvalue weighted by atomic mass is 16.3. The van der Waals surface area contributed by atoms with Gasteiger partial charge in [0.2, 0.25) is 0 Å². The van der Waals surface area contributed by atoms with Crippen molar-refractivity contribution >= 4 is 0 Å². The molecule has 0 spiro atoms. The van der Waals surface area contributed by atoms with Crippen LogP contribution in [0.3, 0.4) is 0 Å². The third-order valence-electron chi connectivity index (χ3n) is 4.66. The van der Waals surface area contributed by atoms with Crippen LogP contribution in [0.1, 0.15) is 52.9 Å². The molecule has 19 heavy (non-hydrogen) atoms. The number of rotatable bonds is 8. The Kier molecular flexibility index (Phi) is 7.96. The number of nitrogens with zero attached hydrogens (tertiary/aromatic N) is 1. The number of hydrogen-bond donors (Lipinski definition) is 2. The Morgan fingerprint density at radius 2 is 1.95 bits per heavy atom. The Balaban J connectivity index is 2.49. The molecular formula is C16H33NO2. The zero-order chi connectivity index (χ0) is 14.3. The first-order valence-corrected chi connectivity index (χ1v) is 8.09. The molecule has 0 saturated heterocycles. The van der Waals surface area contributed by atoms with Gasteiger partial charge in [0.25, 0.3) is 0 Å². The molecule has 1 aliphatic rings. The van der Waals surface area contributed by atoms with Crippen LogP contribution in [0, 0.1) is 17.8 Å². The summed E-state index contributed by atoms with van der Waals surface area (Å²) in [6, 6.07) is 0. The van der Waals surface area contributed by atoms with Crippen molar-refractivity contribution < 1.29 is 10.2 Å². The topological polar surface area (TPSA) is 43.7 Å². The molecule has 0 aromatic heterocycles. The molecule has 3 nitrogen and oxygen atoms in total. The summed E-state index contributed by atoms with van der Waals surface area (Å²) in [5.74, 6) is 1.87. The van der Waals surface area contributed by atoms with Crippen LogP contribution in [0.4, 0.5) is 0 Å². The van der Waals surface area contributed by atoms with Gasteiger partial charge in [-0.1, -0.05) is 27.2 Å². The average Bonchev–Trinajstić information content (AvgIpc) is 2.38. The molecule has 3 unspecified atom stereocenters. The van der Waals surface area contributed by atoms with Crippen LogP contribution in [0.2, 0.25) is 0 Å². The highest BCUT2D eigenvalue weighted by Crippen LogP contribution is 2.34. The van der Waals surface area contributed by atoms with Crippen LogP contribution in [-0.2, 0) is 0 Å². The maximum absolute atomic E-state index is 10.2. The first-order chi connectivity index (χ1) is 9.08. The molecule has 0 heterocycles. The molecule has 0 aromatic carbocycles. The number of aliphatic hydroxyl groups excluding tert-OH is 2. The summed E-state index contributed by atoms with van der Waals surface area (Å²) in [7, 11) is 0. The molecule has 0 radical (unpaired) electrons. The summed E-state index contributed by atoms with van der Waals surface area (Å²) < 4.78 is 0. The number of hydrogen-bond acceptors (Lipinski definition) is 3. The van der Waals surface area contributed by atoms with E-state index in [2.05, 4.69) is 25.7 Å². The zero-order valence-electron chi connectivity index (χ0n) is 13.0. The summed E-state index contributed by atoms with van der Waals surface area (Å²) in [6.07, 6.45) is 5.49. The highest BCUT2D eigenvalue weighted by molar-refractivity contribution is 4.83. The molecule has 1 aliphatic carbocycles. The van der Waals surface area contributed by atoms with E-state index in [9.17, 15) is 5.11 Å². The van der Waals surface area contributed by atoms with Crippen molar-refractivity contribution in [1.29, 1.82) is 0 Å². The normalized spacial score (nSPS) is 28.3. The van der Waals surface area contributed by atoms with Crippen LogP contribution in [-0.4, -0.2) is 47.5 Å². The Morgan fingerprint density at radius 1 is 1.21 bits per heavy atom. The lowest BCUT2D eigenvalue weighted by atomic mass is 9.74. The van der Waals surface area contributed by atoms with Crippen molar-refractivity contribution in [3.8, 4) is 0 Å². The SMILES string of the molecule is CCCCN(CCO)CC1CC(C(C)C)CCC1O. The van der Waals surface area contributed by atoms with E-state index in [-0.39, 0.29) is 12.7 Å². The first kappa shape index (κ1) is 16.9. The minimum Gasteiger partial charge on any atom is -0.395 e. The molecule has 0 amide bonds. The minimum atomic E-state index is -0.141. The predicted molar refractivity (Wildman–Crippen MR) is 80.1 cm³/mol. The molecule has 1 fully saturated rings. The van der Waals surface area contributed by atoms with Gasteiger partial charge >= 0.3 is 0 Å². The zero-order valence-corrected chi connectivity index (χ0v) is 13.0. The molecule has 1 rings (SSSR count). The van der Waals surface area contributed by atoms with Gasteiger partial charge in [-0.05, 0) is 50.0 Å². The standard InChI is InChI=1S/C16H33NO2/c1-4-5-8-17(9-10-18)12-15-11-14(13(2)3)6-7-16(15)19/h13-16,18-19H,4-12H2,1-3H3. The second-order valence-electron chi connectivity index (χ2n) is 6.52. The van der Waals surface area contributed by atoms with Gasteiger partial charge in [-0.25, -0.2) is 0 Å². The van der Waals surface area contributed by atoms with Gasteiger partial charge in [-0.2, -0.15) is 0 Å². The van der Waals surface area contributed by atoms with E-state index in [4.69, 9.17) is 5.11 Å². The van der Waals surface area contributed by atoms with E-state index >= 15 is 0 Å². The molecule has 3 heteroatoms. The highest BCUT2D eigenvalue weighted by Gasteiger charge is 2.31. The monoisotopic (exact) mass is 271 g/mol. The van der Waals surface area contributed by atoms with Crippen LogP contribution in [0.5, 0.6) is 0 Å². The van der Waals surface area contributed by atoms with E-state index in [1.165, 1.54) is 19.3 Å². The van der Waals surface area contributed by atoms with Crippen LogP contribution >= 0.6 is 0 Å². The quantitative estimate of drug-likeness (QED) is 0.713. The smallest absolute Gasteiger partial charge is 0.0580 e. The van der Waals surface area contributed by atoms with Gasteiger partial charge in [-0.3, -0.25) is 0 Å². The fourth-order valence-electron chi connectivity index (χ4n) is 3.24. The van der Waals surface area contributed by atoms with Crippen LogP contribution in [0.15, 0.2) is 0 Å². The fraction of sp³-hybridized carbons (Fsp3) is 1.00. The lowest BCUT2D eigenvalue weighted by Gasteiger charge is -2.38. The predicted octanol–water partition coefficient (Wildman–Crippen LogP) is 2.51. The molecule has 0 aliphatic heterocycles. The lowest BCUT2D eigenvalue weighted by molar-refractivity contribution is 0.0158. The fourth-order valence-corrected chi connectivity index (χ4v) is 3.24. The maximum Gasteiger partial charge on any atom is 0.0580 e. The molecule has 2 N–H and O–H groups in total. The Hall–Kier alpha value is -0.120. The molecule has 0 bridgehead atoms. The van der Waals surface area contributed by atoms with Crippen molar-refractivity contribution in [3.05, 3.63) is 0 Å². The summed E-state index contributed by atoms with van der Waals surface area (Å²) in [4.78, 5) is 2.33. The van der Waals surface area contributed by atoms with Crippen LogP contribution in [0.25, 0.3) is 0 Å². The van der Waals surface area contributed by atoms with Gasteiger partial charge in [0.1, 0.15) is 0 Å². The first-order valence-electron chi connectivity index (χ1n) is 8.09. The van der Waals surface area contributed by atoms with E-state index in [0.29, 0.717) is 5.92 Å². The van der Waals surface area contributed by atoms with E-state index < -0.39 is 0 Å². The van der Waals surface area contributed by atoms with Crippen molar-refractivity contribution in [1.82, 2.24) is 4.90 Å². The van der Waals surface area contributed by atoms with Crippen molar-refractivity contribution in [2.24, 2.45) is 17.8 Å². The summed E-state index contributed by atoms with van der Waals surface area (Å²) in [6.45, 7) is 9.75. The van der Waals surface area contributed by atoms with Gasteiger partial charge in [-0.15, -0.1) is 0 Å². The molecular weight excluding hydrogens is 238 g/mol. The van der Waals surface area contributed by atoms with E-state index in [1.807, 2.05) is 0 Å². The van der Waals surface area contributed by atoms with Gasteiger partial charge in [0.15, 0.2) is 0 Å². The Bertz CT molecular complexity index is 233. The molecule has 1 saturated carbocycles. The molecule has 0 aromatic rings. The number of aliphatic hydroxyl groups is 2. The van der Waals surface area contributed by atoms with Crippen molar-refractivity contribution in [2.75, 3.05) is 26.2 Å². The third kappa shape index (κ3) is 5.80. The number of unbranched alkanes of at least 4 members (excludes halogenated alkanes) is 1. The summed E-state index contributed by atoms with van der Waals surface area (Å²) in [5.41, 5.74) is 0. The molecule has 3 atom stereocenters. The summed E-state index contributed by atoms with van der Waals surface area (Å²) in [5, 5.41) is 19.4. The largest absolute Gasteiger partial charge is 0.395 e. The van der Waals surface area contributed by atoms with E-state index in [1.54, 1.807) is 0 Å². The van der Waals surface area contributed by atoms with E-state index in [0.717, 1.165) is 44.3 Å². The lowest BCUT2D eigenvalue weighted by Crippen LogP contribution is -2.41. The third-order valence-corrected chi connectivity index (χ3v) is 4.66. The van der Waals surface area contributed by atoms with Gasteiger partial charge in [0.05, 0.1) is 12.7 Å². The Morgan fingerprint density at radius 3 is 2.53 bits per heavy atom. The van der Waals surface area contributed by atoms with Crippen LogP contribution < -0.4 is 0 Å². The average molecular weight is 271 g/mol. The van der Waals surface area contributed by atoms with Gasteiger partial charge < -0.3 is 15.1 Å². The molecule has 114 valence electrons. The summed E-state index contributed by atoms with van der Waals surface area (Å²) >= 11 is 0. The van der Waals surface area contributed by atoms with Crippen molar-refractivity contribution in [2.45, 2.75) is 59.0 Å². The Labute approximate surface area is 119 Å². The second-order valence-corrected chi connectivity index (χ2v) is 6.52.